The van der Waals surface area contributed by atoms with Crippen molar-refractivity contribution >= 4 is 29.9 Å². The van der Waals surface area contributed by atoms with E-state index in [1.807, 2.05) is 0 Å². The molecule has 2 unspecified atom stereocenters. The minimum atomic E-state index is -2.83. The van der Waals surface area contributed by atoms with E-state index in [1.165, 1.54) is 11.4 Å². The summed E-state index contributed by atoms with van der Waals surface area (Å²) < 4.78 is 36.6. The molecule has 0 N–H and O–H groups in total. The van der Waals surface area contributed by atoms with Gasteiger partial charge in [-0.1, -0.05) is 0 Å². The molecule has 0 amide bonds. The molecule has 0 bridgehead atoms. The van der Waals surface area contributed by atoms with Crippen LogP contribution in [0.3, 0.4) is 0 Å². The second kappa shape index (κ2) is 11.9. The summed E-state index contributed by atoms with van der Waals surface area (Å²) in [6.07, 6.45) is 0. The Balaban J connectivity index is -0.0000000720. The van der Waals surface area contributed by atoms with E-state index in [-0.39, 0.29) is 17.1 Å². The van der Waals surface area contributed by atoms with Gasteiger partial charge in [-0.3, -0.25) is 0 Å². The molecule has 0 aromatic heterocycles. The molecule has 0 aromatic rings. The smallest absolute Gasteiger partial charge is 2.00 e. The van der Waals surface area contributed by atoms with Crippen molar-refractivity contribution in [2.24, 2.45) is 0 Å². The summed E-state index contributed by atoms with van der Waals surface area (Å²) in [5, 5.41) is 0. The van der Waals surface area contributed by atoms with Gasteiger partial charge in [-0.2, -0.15) is 0 Å². The van der Waals surface area contributed by atoms with Crippen molar-refractivity contribution < 1.29 is 32.7 Å². The Morgan fingerprint density at radius 3 is 1.00 bits per heavy atom. The Morgan fingerprint density at radius 2 is 1.00 bits per heavy atom. The van der Waals surface area contributed by atoms with Crippen LogP contribution in [0.5, 0.6) is 0 Å². The summed E-state index contributed by atoms with van der Waals surface area (Å²) in [6, 6.07) is 0. The second-order valence-electron chi connectivity index (χ2n) is 0.983. The average Bonchev–Trinajstić information content (AvgIpc) is 1.25. The molecule has 0 aliphatic rings. The maximum Gasteiger partial charge on any atom is 2.00 e. The zero-order valence-electron chi connectivity index (χ0n) is 4.99. The van der Waals surface area contributed by atoms with Crippen LogP contribution in [0.25, 0.3) is 0 Å². The first kappa shape index (κ1) is 16.6. The molecule has 0 radical (unpaired) electrons. The SMILES string of the molecule is C[AsH](=O)[O-].C[AsH](=O)[O-].[Fe+2]. The summed E-state index contributed by atoms with van der Waals surface area (Å²) in [5.74, 6) is 0. The minimum Gasteiger partial charge on any atom is 2.00 e. The van der Waals surface area contributed by atoms with Crippen molar-refractivity contribution in [2.75, 3.05) is 0 Å². The molecule has 58 valence electrons. The van der Waals surface area contributed by atoms with Crippen LogP contribution in [0.4, 0.5) is 0 Å². The van der Waals surface area contributed by atoms with Gasteiger partial charge in [0.15, 0.2) is 0 Å². The first-order valence-electron chi connectivity index (χ1n) is 1.82. The molecular formula is C2H8As2FeO4. The van der Waals surface area contributed by atoms with Crippen LogP contribution in [-0.4, -0.2) is 29.9 Å². The second-order valence-corrected chi connectivity index (χ2v) is 5.11. The fourth-order valence-corrected chi connectivity index (χ4v) is 0. The van der Waals surface area contributed by atoms with Crippen molar-refractivity contribution in [2.45, 2.75) is 11.4 Å². The number of hydrogen-bond acceptors (Lipinski definition) is 4. The fourth-order valence-electron chi connectivity index (χ4n) is 0. The molecule has 0 saturated carbocycles. The summed E-state index contributed by atoms with van der Waals surface area (Å²) in [6.45, 7) is 0. The monoisotopic (exact) mass is 302 g/mol. The Morgan fingerprint density at radius 1 is 1.00 bits per heavy atom. The van der Waals surface area contributed by atoms with Gasteiger partial charge in [0.05, 0.1) is 0 Å². The molecule has 0 spiro atoms. The molecule has 0 saturated heterocycles. The van der Waals surface area contributed by atoms with Crippen LogP contribution in [0.1, 0.15) is 0 Å². The number of hydrogen-bond donors (Lipinski definition) is 0. The topological polar surface area (TPSA) is 80.3 Å². The molecule has 0 aromatic carbocycles. The Labute approximate surface area is 73.8 Å². The zero-order valence-corrected chi connectivity index (χ0v) is 10.3. The van der Waals surface area contributed by atoms with Gasteiger partial charge in [0.25, 0.3) is 0 Å². The summed E-state index contributed by atoms with van der Waals surface area (Å²) in [7, 11) is 0. The summed E-state index contributed by atoms with van der Waals surface area (Å²) >= 11 is -5.67. The number of rotatable bonds is 0. The molecule has 9 heavy (non-hydrogen) atoms. The fraction of sp³-hybridized carbons (Fsp3) is 1.00. The molecule has 0 fully saturated rings. The van der Waals surface area contributed by atoms with Crippen LogP contribution >= 0.6 is 0 Å². The summed E-state index contributed by atoms with van der Waals surface area (Å²) in [5.41, 5.74) is 2.44. The molecule has 4 nitrogen and oxygen atoms in total. The van der Waals surface area contributed by atoms with Crippen molar-refractivity contribution in [3.8, 4) is 0 Å². The average molecular weight is 302 g/mol. The Kier molecular flexibility index (Phi) is 22.0. The molecular weight excluding hydrogens is 294 g/mol. The van der Waals surface area contributed by atoms with Crippen LogP contribution in [-0.2, 0) is 24.5 Å². The normalized spacial score (nSPS) is 13.8. The first-order chi connectivity index (χ1) is 3.46. The largest absolute Gasteiger partial charge is 2.00 e. The van der Waals surface area contributed by atoms with Crippen LogP contribution in [0, 0.1) is 0 Å². The van der Waals surface area contributed by atoms with E-state index in [0.29, 0.717) is 0 Å². The maximum atomic E-state index is 9.14. The third kappa shape index (κ3) is 351. The van der Waals surface area contributed by atoms with E-state index in [2.05, 4.69) is 0 Å². The first-order valence-corrected chi connectivity index (χ1v) is 9.44. The molecule has 2 atom stereocenters. The van der Waals surface area contributed by atoms with Crippen LogP contribution in [0.2, 0.25) is 11.4 Å². The van der Waals surface area contributed by atoms with Gasteiger partial charge in [0.1, 0.15) is 0 Å². The third-order valence-corrected chi connectivity index (χ3v) is 0. The van der Waals surface area contributed by atoms with E-state index < -0.39 is 29.9 Å². The van der Waals surface area contributed by atoms with E-state index in [4.69, 9.17) is 15.7 Å². The minimum absolute atomic E-state index is 0. The van der Waals surface area contributed by atoms with Crippen LogP contribution in [0.15, 0.2) is 0 Å². The quantitative estimate of drug-likeness (QED) is 0.455. The zero-order chi connectivity index (χ0) is 7.15. The Bertz CT molecular complexity index is 74.6. The molecule has 0 heterocycles. The van der Waals surface area contributed by atoms with Gasteiger partial charge in [0, 0.05) is 0 Å². The van der Waals surface area contributed by atoms with Crippen molar-refractivity contribution in [3.63, 3.8) is 0 Å². The van der Waals surface area contributed by atoms with E-state index in [1.54, 1.807) is 0 Å². The molecule has 0 rings (SSSR count). The van der Waals surface area contributed by atoms with Crippen LogP contribution < -0.4 is 8.19 Å². The standard InChI is InChI=1S/2CH5AsO2.Fe/c2*1-2(3)4;/h2*2H,1H3,(H,3,4);/q;;+2/p-2. The molecule has 0 aliphatic carbocycles. The van der Waals surface area contributed by atoms with Gasteiger partial charge in [-0.15, -0.1) is 0 Å². The van der Waals surface area contributed by atoms with Crippen molar-refractivity contribution in [3.05, 3.63) is 0 Å². The van der Waals surface area contributed by atoms with Gasteiger partial charge < -0.3 is 0 Å². The Hall–Kier alpha value is 1.16. The van der Waals surface area contributed by atoms with Crippen molar-refractivity contribution in [1.82, 2.24) is 0 Å². The van der Waals surface area contributed by atoms with Crippen molar-refractivity contribution in [1.29, 1.82) is 0 Å². The molecule has 7 heteroatoms. The van der Waals surface area contributed by atoms with Gasteiger partial charge in [0.2, 0.25) is 0 Å². The predicted octanol–water partition coefficient (Wildman–Crippen LogP) is -2.75. The summed E-state index contributed by atoms with van der Waals surface area (Å²) in [4.78, 5) is 0. The van der Waals surface area contributed by atoms with E-state index in [9.17, 15) is 0 Å². The third-order valence-electron chi connectivity index (χ3n) is 0. The molecule has 0 aliphatic heterocycles. The maximum absolute atomic E-state index is 9.14. The van der Waals surface area contributed by atoms with Gasteiger partial charge >= 0.3 is 74.0 Å². The van der Waals surface area contributed by atoms with E-state index in [0.717, 1.165) is 0 Å². The van der Waals surface area contributed by atoms with Gasteiger partial charge in [-0.25, -0.2) is 0 Å². The van der Waals surface area contributed by atoms with Gasteiger partial charge in [-0.05, 0) is 0 Å². The van der Waals surface area contributed by atoms with E-state index >= 15 is 0 Å². The predicted molar refractivity (Wildman–Crippen MR) is 27.4 cm³/mol.